The van der Waals surface area contributed by atoms with Gasteiger partial charge >= 0.3 is 6.09 Å². The van der Waals surface area contributed by atoms with Crippen LogP contribution in [0, 0.1) is 34.3 Å². The monoisotopic (exact) mass is 537 g/mol. The quantitative estimate of drug-likeness (QED) is 0.338. The molecular formula is C30H30ClF2N3O2. The smallest absolute Gasteiger partial charge is 0.407 e. The second kappa shape index (κ2) is 11.1. The van der Waals surface area contributed by atoms with Gasteiger partial charge in [-0.25, -0.2) is 13.6 Å². The fraction of sp³-hybridized carbons (Fsp3) is 0.333. The molecular weight excluding hydrogens is 508 g/mol. The van der Waals surface area contributed by atoms with Crippen molar-refractivity contribution in [2.75, 3.05) is 26.7 Å². The van der Waals surface area contributed by atoms with Crippen LogP contribution in [0.2, 0.25) is 5.02 Å². The number of carboxylic acid groups (broad SMARTS) is 1. The maximum atomic E-state index is 14.3. The van der Waals surface area contributed by atoms with Gasteiger partial charge in [0.05, 0.1) is 17.7 Å². The van der Waals surface area contributed by atoms with Gasteiger partial charge in [0, 0.05) is 37.8 Å². The van der Waals surface area contributed by atoms with Gasteiger partial charge in [-0.05, 0) is 70.3 Å². The fourth-order valence-corrected chi connectivity index (χ4v) is 6.03. The van der Waals surface area contributed by atoms with E-state index in [-0.39, 0.29) is 24.4 Å². The average Bonchev–Trinajstić information content (AvgIpc) is 2.82. The number of rotatable bonds is 8. The number of benzene rings is 3. The molecule has 0 bridgehead atoms. The van der Waals surface area contributed by atoms with Crippen LogP contribution < -0.4 is 0 Å². The molecule has 1 aliphatic heterocycles. The molecule has 38 heavy (non-hydrogen) atoms. The van der Waals surface area contributed by atoms with Crippen molar-refractivity contribution in [3.8, 4) is 6.07 Å². The van der Waals surface area contributed by atoms with Crippen LogP contribution in [0.15, 0.2) is 66.7 Å². The van der Waals surface area contributed by atoms with Gasteiger partial charge in [0.2, 0.25) is 0 Å². The van der Waals surface area contributed by atoms with E-state index in [0.29, 0.717) is 29.2 Å². The molecule has 3 aromatic carbocycles. The molecule has 1 saturated heterocycles. The SMILES string of the molecule is CN(CC(C)(C)[C@H](c1cc(F)cc(F)c1)C1CN([C@@H](c2ccc(Cl)cc2)c2cccc(C#N)c2)C1)C(=O)O. The largest absolute Gasteiger partial charge is 0.465 e. The van der Waals surface area contributed by atoms with E-state index in [1.807, 2.05) is 56.3 Å². The number of likely N-dealkylation sites (tertiary alicyclic amines) is 1. The maximum absolute atomic E-state index is 14.3. The van der Waals surface area contributed by atoms with Crippen molar-refractivity contribution in [3.63, 3.8) is 0 Å². The molecule has 5 nitrogen and oxygen atoms in total. The average molecular weight is 538 g/mol. The maximum Gasteiger partial charge on any atom is 0.407 e. The van der Waals surface area contributed by atoms with Crippen LogP contribution in [0.4, 0.5) is 13.6 Å². The highest BCUT2D eigenvalue weighted by Crippen LogP contribution is 2.48. The first-order chi connectivity index (χ1) is 18.0. The number of nitrogens with zero attached hydrogens (tertiary/aromatic N) is 3. The Balaban J connectivity index is 1.69. The summed E-state index contributed by atoms with van der Waals surface area (Å²) in [6.45, 7) is 5.32. The number of hydrogen-bond donors (Lipinski definition) is 1. The van der Waals surface area contributed by atoms with E-state index in [2.05, 4.69) is 11.0 Å². The van der Waals surface area contributed by atoms with Crippen molar-refractivity contribution in [1.29, 1.82) is 5.26 Å². The molecule has 1 amide bonds. The van der Waals surface area contributed by atoms with E-state index in [4.69, 9.17) is 11.6 Å². The number of nitriles is 1. The molecule has 1 aliphatic rings. The minimum Gasteiger partial charge on any atom is -0.465 e. The van der Waals surface area contributed by atoms with Crippen LogP contribution in [-0.4, -0.2) is 47.7 Å². The Kier molecular flexibility index (Phi) is 8.05. The zero-order valence-electron chi connectivity index (χ0n) is 21.5. The van der Waals surface area contributed by atoms with Crippen LogP contribution in [0.1, 0.15) is 48.1 Å². The molecule has 0 unspecified atom stereocenters. The number of halogens is 3. The minimum absolute atomic E-state index is 0.0161. The van der Waals surface area contributed by atoms with Crippen LogP contribution in [0.3, 0.4) is 0 Å². The van der Waals surface area contributed by atoms with Crippen LogP contribution >= 0.6 is 11.6 Å². The molecule has 0 spiro atoms. The molecule has 0 aliphatic carbocycles. The van der Waals surface area contributed by atoms with Crippen LogP contribution in [0.5, 0.6) is 0 Å². The van der Waals surface area contributed by atoms with Crippen molar-refractivity contribution in [2.45, 2.75) is 25.8 Å². The molecule has 1 heterocycles. The number of amides is 1. The summed E-state index contributed by atoms with van der Waals surface area (Å²) < 4.78 is 28.6. The Morgan fingerprint density at radius 3 is 2.29 bits per heavy atom. The Bertz CT molecular complexity index is 1330. The Morgan fingerprint density at radius 1 is 1.08 bits per heavy atom. The highest BCUT2D eigenvalue weighted by atomic mass is 35.5. The predicted molar refractivity (Wildman–Crippen MR) is 143 cm³/mol. The van der Waals surface area contributed by atoms with Gasteiger partial charge in [-0.15, -0.1) is 0 Å². The van der Waals surface area contributed by atoms with E-state index < -0.39 is 23.1 Å². The third kappa shape index (κ3) is 5.98. The summed E-state index contributed by atoms with van der Waals surface area (Å²) >= 11 is 6.15. The minimum atomic E-state index is -1.06. The zero-order valence-corrected chi connectivity index (χ0v) is 22.3. The molecule has 3 aromatic rings. The summed E-state index contributed by atoms with van der Waals surface area (Å²) in [4.78, 5) is 15.1. The van der Waals surface area contributed by atoms with Crippen molar-refractivity contribution in [3.05, 3.63) is 106 Å². The molecule has 8 heteroatoms. The Labute approximate surface area is 226 Å². The Hall–Kier alpha value is -3.47. The van der Waals surface area contributed by atoms with Gasteiger partial charge in [-0.2, -0.15) is 5.26 Å². The first kappa shape index (κ1) is 27.6. The van der Waals surface area contributed by atoms with Gasteiger partial charge in [0.1, 0.15) is 11.6 Å². The van der Waals surface area contributed by atoms with Gasteiger partial charge in [0.25, 0.3) is 0 Å². The lowest BCUT2D eigenvalue weighted by molar-refractivity contribution is 0.0129. The lowest BCUT2D eigenvalue weighted by atomic mass is 9.65. The summed E-state index contributed by atoms with van der Waals surface area (Å²) in [7, 11) is 1.50. The second-order valence-corrected chi connectivity index (χ2v) is 11.1. The normalized spacial score (nSPS) is 15.8. The molecule has 1 fully saturated rings. The Morgan fingerprint density at radius 2 is 1.71 bits per heavy atom. The van der Waals surface area contributed by atoms with Crippen LogP contribution in [-0.2, 0) is 0 Å². The van der Waals surface area contributed by atoms with Gasteiger partial charge in [-0.1, -0.05) is 49.7 Å². The lowest BCUT2D eigenvalue weighted by Gasteiger charge is -2.52. The topological polar surface area (TPSA) is 67.6 Å². The fourth-order valence-electron chi connectivity index (χ4n) is 5.90. The lowest BCUT2D eigenvalue weighted by Crippen LogP contribution is -2.54. The summed E-state index contributed by atoms with van der Waals surface area (Å²) in [5, 5.41) is 19.6. The number of carbonyl (C=O) groups is 1. The molecule has 0 aromatic heterocycles. The third-order valence-corrected chi connectivity index (χ3v) is 7.60. The van der Waals surface area contributed by atoms with E-state index in [1.54, 1.807) is 6.07 Å². The van der Waals surface area contributed by atoms with Crippen molar-refractivity contribution >= 4 is 17.7 Å². The molecule has 198 valence electrons. The molecule has 0 radical (unpaired) electrons. The van der Waals surface area contributed by atoms with Crippen LogP contribution in [0.25, 0.3) is 0 Å². The van der Waals surface area contributed by atoms with Crippen molar-refractivity contribution < 1.29 is 18.7 Å². The predicted octanol–water partition coefficient (Wildman–Crippen LogP) is 6.93. The zero-order chi connectivity index (χ0) is 27.6. The summed E-state index contributed by atoms with van der Waals surface area (Å²) in [6.07, 6.45) is -1.06. The number of hydrogen-bond acceptors (Lipinski definition) is 3. The third-order valence-electron chi connectivity index (χ3n) is 7.35. The standard InChI is InChI=1S/C30H30ClF2N3O2/c1-30(2,18-35(3)29(37)38)27(22-12-25(32)14-26(33)13-22)23-16-36(17-23)28(20-7-9-24(31)10-8-20)21-6-4-5-19(11-21)15-34/h4-14,23,27-28H,16-18H2,1-3H3,(H,37,38)/t27-,28+/m1/s1. The summed E-state index contributed by atoms with van der Waals surface area (Å²) in [6, 6.07) is 20.7. The second-order valence-electron chi connectivity index (χ2n) is 10.7. The highest BCUT2D eigenvalue weighted by Gasteiger charge is 2.45. The molecule has 2 atom stereocenters. The molecule has 4 rings (SSSR count). The van der Waals surface area contributed by atoms with E-state index >= 15 is 0 Å². The van der Waals surface area contributed by atoms with E-state index in [1.165, 1.54) is 24.1 Å². The van der Waals surface area contributed by atoms with E-state index in [9.17, 15) is 23.9 Å². The summed E-state index contributed by atoms with van der Waals surface area (Å²) in [5.41, 5.74) is 2.44. The van der Waals surface area contributed by atoms with Gasteiger partial charge in [0.15, 0.2) is 0 Å². The van der Waals surface area contributed by atoms with Crippen molar-refractivity contribution in [1.82, 2.24) is 9.80 Å². The summed E-state index contributed by atoms with van der Waals surface area (Å²) in [5.74, 6) is -1.60. The first-order valence-electron chi connectivity index (χ1n) is 12.4. The van der Waals surface area contributed by atoms with E-state index in [0.717, 1.165) is 17.2 Å². The first-order valence-corrected chi connectivity index (χ1v) is 12.8. The highest BCUT2D eigenvalue weighted by molar-refractivity contribution is 6.30. The van der Waals surface area contributed by atoms with Crippen molar-refractivity contribution in [2.24, 2.45) is 11.3 Å². The van der Waals surface area contributed by atoms with Gasteiger partial charge < -0.3 is 10.0 Å². The molecule has 1 N–H and O–H groups in total. The molecule has 0 saturated carbocycles. The van der Waals surface area contributed by atoms with Gasteiger partial charge in [-0.3, -0.25) is 4.90 Å².